The summed E-state index contributed by atoms with van der Waals surface area (Å²) in [6.07, 6.45) is 1.48. The number of primary amides is 1. The molecular weight excluding hydrogens is 1230 g/mol. The number of guanidine groups is 2. The van der Waals surface area contributed by atoms with Crippen LogP contribution in [0.15, 0.2) is 70.6 Å². The van der Waals surface area contributed by atoms with Crippen LogP contribution in [0.3, 0.4) is 0 Å². The van der Waals surface area contributed by atoms with E-state index in [1.807, 2.05) is 6.07 Å². The van der Waals surface area contributed by atoms with E-state index in [-0.39, 0.29) is 95.9 Å². The smallest absolute Gasteiger partial charge is 0.245 e. The molecule has 0 aromatic heterocycles. The van der Waals surface area contributed by atoms with Crippen molar-refractivity contribution in [1.29, 1.82) is 0 Å². The molecule has 1 saturated heterocycles. The second-order valence-electron chi connectivity index (χ2n) is 23.1. The molecule has 0 unspecified atom stereocenters. The van der Waals surface area contributed by atoms with Crippen LogP contribution in [0.4, 0.5) is 0 Å². The Kier molecular flexibility index (Phi) is 35.8. The summed E-state index contributed by atoms with van der Waals surface area (Å²) in [6.45, 7) is 3.34. The summed E-state index contributed by atoms with van der Waals surface area (Å²) < 4.78 is 0. The van der Waals surface area contributed by atoms with Crippen LogP contribution in [0.5, 0.6) is 0 Å². The number of likely N-dealkylation sites (tertiary alicyclic amines) is 1. The summed E-state index contributed by atoms with van der Waals surface area (Å²) in [6, 6.07) is 4.88. The molecule has 3 rings (SSSR count). The SMILES string of the molecule is C[C@H](NC(=O)CNC(=O)[C@@H](NC(=O)[C@H](Cc1ccccc1)NC(=O)CNC(=O)[C@@H](N)Cc1ccccc1)[C@@H](C)O)C(=O)N[C@@H](CCCN=C(N)N)C(=O)N[C@@H](CCCCN)C(=O)N1CCC[C@@H]1C(=O)N[C@@H](C)C(=O)N[C@@H](CCCN=C(N)N)C(=O)N[C@@H](CCCCN)C(N)=O. The van der Waals surface area contributed by atoms with Crippen LogP contribution >= 0.6 is 0 Å². The van der Waals surface area contributed by atoms with Crippen LogP contribution in [-0.4, -0.2) is 205 Å². The number of amides is 12. The van der Waals surface area contributed by atoms with Crippen LogP contribution in [0.25, 0.3) is 0 Å². The Hall–Kier alpha value is -9.54. The van der Waals surface area contributed by atoms with E-state index in [4.69, 9.17) is 45.9 Å². The summed E-state index contributed by atoms with van der Waals surface area (Å²) >= 11 is 0. The quantitative estimate of drug-likeness (QED) is 0.0167. The zero-order valence-electron chi connectivity index (χ0n) is 54.3. The summed E-state index contributed by atoms with van der Waals surface area (Å²) in [5.41, 5.74) is 46.4. The Morgan fingerprint density at radius 3 is 1.44 bits per heavy atom. The molecule has 34 nitrogen and oxygen atoms in total. The van der Waals surface area contributed by atoms with Gasteiger partial charge in [-0.05, 0) is 128 Å². The van der Waals surface area contributed by atoms with E-state index < -0.39 is 150 Å². The van der Waals surface area contributed by atoms with E-state index >= 15 is 0 Å². The highest BCUT2D eigenvalue weighted by Crippen LogP contribution is 2.21. The molecule has 1 fully saturated rings. The van der Waals surface area contributed by atoms with Gasteiger partial charge in [-0.3, -0.25) is 67.5 Å². The largest absolute Gasteiger partial charge is 0.391 e. The molecule has 0 radical (unpaired) electrons. The van der Waals surface area contributed by atoms with E-state index in [9.17, 15) is 62.6 Å². The van der Waals surface area contributed by atoms with Gasteiger partial charge in [0, 0.05) is 26.1 Å². The van der Waals surface area contributed by atoms with Crippen molar-refractivity contribution in [1.82, 2.24) is 58.1 Å². The maximum Gasteiger partial charge on any atom is 0.245 e. The van der Waals surface area contributed by atoms with Gasteiger partial charge in [-0.25, -0.2) is 0 Å². The van der Waals surface area contributed by atoms with E-state index in [0.717, 1.165) is 5.56 Å². The van der Waals surface area contributed by atoms with Gasteiger partial charge in [-0.1, -0.05) is 60.7 Å². The molecule has 0 saturated carbocycles. The average molecular weight is 1330 g/mol. The fourth-order valence-corrected chi connectivity index (χ4v) is 9.95. The first-order chi connectivity index (χ1) is 45.1. The average Bonchev–Trinajstić information content (AvgIpc) is 1.78. The lowest BCUT2D eigenvalue weighted by Gasteiger charge is -2.30. The summed E-state index contributed by atoms with van der Waals surface area (Å²) in [4.78, 5) is 172. The third kappa shape index (κ3) is 30.0. The van der Waals surface area contributed by atoms with E-state index in [1.165, 1.54) is 25.7 Å². The predicted molar refractivity (Wildman–Crippen MR) is 352 cm³/mol. The van der Waals surface area contributed by atoms with Crippen LogP contribution < -0.4 is 99.0 Å². The molecule has 95 heavy (non-hydrogen) atoms. The molecule has 2 aromatic carbocycles. The molecule has 11 atom stereocenters. The third-order valence-corrected chi connectivity index (χ3v) is 15.2. The molecule has 1 aliphatic heterocycles. The Morgan fingerprint density at radius 1 is 0.505 bits per heavy atom. The minimum atomic E-state index is -1.67. The second kappa shape index (κ2) is 42.6. The van der Waals surface area contributed by atoms with Crippen molar-refractivity contribution in [2.75, 3.05) is 45.8 Å². The molecule has 0 aliphatic carbocycles. The minimum absolute atomic E-state index is 0.0190. The van der Waals surface area contributed by atoms with Crippen molar-refractivity contribution in [2.45, 2.75) is 177 Å². The third-order valence-electron chi connectivity index (χ3n) is 15.2. The number of rotatable bonds is 43. The number of carbonyl (C=O) groups excluding carboxylic acids is 12. The molecular formula is C61H99N21O13. The Balaban J connectivity index is 1.71. The highest BCUT2D eigenvalue weighted by molar-refractivity contribution is 5.99. The monoisotopic (exact) mass is 1330 g/mol. The molecule has 1 heterocycles. The van der Waals surface area contributed by atoms with Crippen molar-refractivity contribution in [3.63, 3.8) is 0 Å². The van der Waals surface area contributed by atoms with Gasteiger partial charge >= 0.3 is 0 Å². The maximum atomic E-state index is 14.5. The highest BCUT2D eigenvalue weighted by Gasteiger charge is 2.40. The zero-order chi connectivity index (χ0) is 70.6. The highest BCUT2D eigenvalue weighted by atomic mass is 16.3. The normalized spacial score (nSPS) is 15.7. The minimum Gasteiger partial charge on any atom is -0.391 e. The van der Waals surface area contributed by atoms with Crippen LogP contribution in [0.2, 0.25) is 0 Å². The van der Waals surface area contributed by atoms with Gasteiger partial charge in [0.1, 0.15) is 54.4 Å². The van der Waals surface area contributed by atoms with E-state index in [2.05, 4.69) is 63.2 Å². The maximum absolute atomic E-state index is 14.5. The molecule has 12 amide bonds. The number of aliphatic hydroxyl groups is 1. The lowest BCUT2D eigenvalue weighted by molar-refractivity contribution is -0.142. The van der Waals surface area contributed by atoms with Gasteiger partial charge < -0.3 is 109 Å². The first kappa shape index (κ1) is 79.7. The number of nitrogens with two attached hydrogens (primary N) is 8. The van der Waals surface area contributed by atoms with Crippen molar-refractivity contribution < 1.29 is 62.6 Å². The molecule has 0 spiro atoms. The number of aliphatic imine (C=N–C) groups is 2. The van der Waals surface area contributed by atoms with Crippen molar-refractivity contribution in [2.24, 2.45) is 55.9 Å². The number of benzene rings is 2. The van der Waals surface area contributed by atoms with Gasteiger partial charge in [0.25, 0.3) is 0 Å². The van der Waals surface area contributed by atoms with Crippen LogP contribution in [-0.2, 0) is 70.4 Å². The number of hydrogen-bond acceptors (Lipinski definition) is 18. The molecule has 2 aromatic rings. The van der Waals surface area contributed by atoms with E-state index in [1.54, 1.807) is 54.6 Å². The summed E-state index contributed by atoms with van der Waals surface area (Å²) in [7, 11) is 0. The predicted octanol–water partition coefficient (Wildman–Crippen LogP) is -6.83. The van der Waals surface area contributed by atoms with E-state index in [0.29, 0.717) is 44.2 Å². The number of hydrogen-bond donors (Lipinski definition) is 19. The Morgan fingerprint density at radius 2 is 0.947 bits per heavy atom. The summed E-state index contributed by atoms with van der Waals surface area (Å²) in [5.74, 6) is -10.0. The lowest BCUT2D eigenvalue weighted by atomic mass is 10.0. The van der Waals surface area contributed by atoms with Crippen molar-refractivity contribution in [3.8, 4) is 0 Å². The molecule has 526 valence electrons. The fraction of sp³-hybridized carbons (Fsp3) is 0.574. The summed E-state index contributed by atoms with van der Waals surface area (Å²) in [5, 5.41) is 36.0. The van der Waals surface area contributed by atoms with Gasteiger partial charge in [0.15, 0.2) is 11.9 Å². The first-order valence-corrected chi connectivity index (χ1v) is 31.7. The van der Waals surface area contributed by atoms with Crippen LogP contribution in [0, 0.1) is 0 Å². The number of nitrogens with one attached hydrogen (secondary N) is 10. The van der Waals surface area contributed by atoms with Gasteiger partial charge in [-0.2, -0.15) is 0 Å². The number of unbranched alkanes of at least 4 members (excludes halogenated alkanes) is 2. The lowest BCUT2D eigenvalue weighted by Crippen LogP contribution is -2.60. The van der Waals surface area contributed by atoms with Crippen molar-refractivity contribution in [3.05, 3.63) is 71.8 Å². The molecule has 27 N–H and O–H groups in total. The molecule has 34 heteroatoms. The number of carbonyl (C=O) groups is 12. The van der Waals surface area contributed by atoms with Crippen LogP contribution in [0.1, 0.15) is 109 Å². The van der Waals surface area contributed by atoms with Crippen molar-refractivity contribution >= 4 is 82.8 Å². The topological polar surface area (TPSA) is 581 Å². The van der Waals surface area contributed by atoms with Gasteiger partial charge in [-0.15, -0.1) is 0 Å². The number of nitrogens with zero attached hydrogens (tertiary/aromatic N) is 3. The Labute approximate surface area is 552 Å². The fourth-order valence-electron chi connectivity index (χ4n) is 9.95. The van der Waals surface area contributed by atoms with Gasteiger partial charge in [0.05, 0.1) is 25.2 Å². The molecule has 0 bridgehead atoms. The Bertz CT molecular complexity index is 2920. The second-order valence-corrected chi connectivity index (χ2v) is 23.1. The number of aliphatic hydroxyl groups excluding tert-OH is 1. The van der Waals surface area contributed by atoms with Gasteiger partial charge in [0.2, 0.25) is 70.9 Å². The zero-order valence-corrected chi connectivity index (χ0v) is 54.3. The standard InChI is InChI=1S/C61H99N21O13/c1-35(74-47(84)33-73-58(94)49(37(3)83)81-56(92)45(32-39-19-8-5-9-20-39)76-48(85)34-72-53(89)40(64)31-38-17-6-4-7-18-38)51(87)78-43(24-15-29-71-61(68)69)55(91)80-44(22-11-13-27-63)59(95)82-30-16-25-46(82)57(93)75-36(2)52(88)79-42(23-14-28-70-60(66)67)54(90)77-41(50(65)86)21-10-12-26-62/h4-9,17-20,35-37,40-46,49,83H,10-16,21-34,62-64H2,1-3H3,(H2,65,86)(H,72,89)(H,73,94)(H,74,84)(H,75,93)(H,76,85)(H,77,90)(H,78,87)(H,79,88)(H,80,91)(H,81,92)(H4,66,67,70)(H4,68,69,71)/t35-,36-,37+,40-,41-,42-,43-,44-,45-,46+,49-/m0/s1. The molecule has 1 aliphatic rings. The first-order valence-electron chi connectivity index (χ1n) is 31.7.